The molecule has 0 aliphatic carbocycles. The van der Waals surface area contributed by atoms with E-state index < -0.39 is 9.84 Å². The number of benzene rings is 1. The van der Waals surface area contributed by atoms with Gasteiger partial charge in [0.25, 0.3) is 0 Å². The fourth-order valence-electron chi connectivity index (χ4n) is 2.36. The Morgan fingerprint density at radius 3 is 2.67 bits per heavy atom. The summed E-state index contributed by atoms with van der Waals surface area (Å²) in [5.41, 5.74) is 7.26. The maximum Gasteiger partial charge on any atom is 0.153 e. The molecule has 4 nitrogen and oxygen atoms in total. The van der Waals surface area contributed by atoms with Crippen molar-refractivity contribution in [2.45, 2.75) is 19.0 Å². The van der Waals surface area contributed by atoms with E-state index in [-0.39, 0.29) is 23.6 Å². The first kappa shape index (κ1) is 13.5. The van der Waals surface area contributed by atoms with Crippen LogP contribution in [0.2, 0.25) is 0 Å². The highest BCUT2D eigenvalue weighted by atomic mass is 32.2. The number of nitrogens with two attached hydrogens (primary N) is 1. The highest BCUT2D eigenvalue weighted by Gasteiger charge is 2.28. The molecule has 1 heterocycles. The third-order valence-corrected chi connectivity index (χ3v) is 5.26. The summed E-state index contributed by atoms with van der Waals surface area (Å²) in [6.07, 6.45) is 0. The van der Waals surface area contributed by atoms with Gasteiger partial charge < -0.3 is 5.73 Å². The monoisotopic (exact) mass is 268 g/mol. The van der Waals surface area contributed by atoms with Gasteiger partial charge in [-0.3, -0.25) is 4.90 Å². The third-order valence-electron chi connectivity index (χ3n) is 3.47. The summed E-state index contributed by atoms with van der Waals surface area (Å²) in [4.78, 5) is 2.17. The Hall–Kier alpha value is -0.910. The summed E-state index contributed by atoms with van der Waals surface area (Å²) < 4.78 is 23.0. The molecule has 2 rings (SSSR count). The van der Waals surface area contributed by atoms with Crippen molar-refractivity contribution in [2.75, 3.05) is 24.6 Å². The maximum absolute atomic E-state index is 11.5. The summed E-state index contributed by atoms with van der Waals surface area (Å²) in [6, 6.07) is 9.92. The van der Waals surface area contributed by atoms with Crippen LogP contribution in [-0.2, 0) is 9.84 Å². The number of rotatable bonds is 3. The Morgan fingerprint density at radius 1 is 1.39 bits per heavy atom. The Kier molecular flexibility index (Phi) is 4.04. The van der Waals surface area contributed by atoms with Gasteiger partial charge in [0.2, 0.25) is 0 Å². The van der Waals surface area contributed by atoms with Crippen molar-refractivity contribution in [1.82, 2.24) is 4.90 Å². The zero-order valence-corrected chi connectivity index (χ0v) is 11.4. The second-order valence-electron chi connectivity index (χ2n) is 4.98. The molecule has 1 aliphatic rings. The lowest BCUT2D eigenvalue weighted by Crippen LogP contribution is -2.49. The van der Waals surface area contributed by atoms with Crippen LogP contribution in [0, 0.1) is 0 Å². The van der Waals surface area contributed by atoms with Gasteiger partial charge in [0.1, 0.15) is 0 Å². The number of nitrogens with zero attached hydrogens (tertiary/aromatic N) is 1. The molecule has 0 radical (unpaired) electrons. The van der Waals surface area contributed by atoms with Gasteiger partial charge in [-0.05, 0) is 12.5 Å². The summed E-state index contributed by atoms with van der Waals surface area (Å²) in [7, 11) is -2.85. The SMILES string of the molecule is CC1CS(=O)(=O)CCN1CC(N)c1ccccc1. The first-order valence-electron chi connectivity index (χ1n) is 6.23. The molecule has 0 saturated carbocycles. The summed E-state index contributed by atoms with van der Waals surface area (Å²) in [5.74, 6) is 0.493. The highest BCUT2D eigenvalue weighted by molar-refractivity contribution is 7.91. The average Bonchev–Trinajstić information content (AvgIpc) is 2.33. The minimum Gasteiger partial charge on any atom is -0.323 e. The molecule has 0 spiro atoms. The minimum atomic E-state index is -2.85. The Morgan fingerprint density at radius 2 is 2.06 bits per heavy atom. The molecule has 1 aromatic carbocycles. The fourth-order valence-corrected chi connectivity index (χ4v) is 3.99. The maximum atomic E-state index is 11.5. The van der Waals surface area contributed by atoms with Gasteiger partial charge in [-0.25, -0.2) is 8.42 Å². The quantitative estimate of drug-likeness (QED) is 0.881. The van der Waals surface area contributed by atoms with Crippen LogP contribution in [0.15, 0.2) is 30.3 Å². The van der Waals surface area contributed by atoms with E-state index in [0.717, 1.165) is 5.56 Å². The van der Waals surface area contributed by atoms with Crippen LogP contribution in [0.5, 0.6) is 0 Å². The molecule has 0 aromatic heterocycles. The van der Waals surface area contributed by atoms with Gasteiger partial charge in [-0.2, -0.15) is 0 Å². The van der Waals surface area contributed by atoms with E-state index in [0.29, 0.717) is 13.1 Å². The first-order valence-corrected chi connectivity index (χ1v) is 8.05. The summed E-state index contributed by atoms with van der Waals surface area (Å²) in [5, 5.41) is 0. The van der Waals surface area contributed by atoms with Crippen LogP contribution in [0.1, 0.15) is 18.5 Å². The van der Waals surface area contributed by atoms with Crippen molar-refractivity contribution in [3.63, 3.8) is 0 Å². The van der Waals surface area contributed by atoms with Gasteiger partial charge in [0.15, 0.2) is 9.84 Å². The van der Waals surface area contributed by atoms with Crippen molar-refractivity contribution >= 4 is 9.84 Å². The van der Waals surface area contributed by atoms with E-state index in [1.165, 1.54) is 0 Å². The molecule has 1 aromatic rings. The average molecular weight is 268 g/mol. The number of sulfone groups is 1. The van der Waals surface area contributed by atoms with E-state index in [9.17, 15) is 8.42 Å². The van der Waals surface area contributed by atoms with Crippen molar-refractivity contribution < 1.29 is 8.42 Å². The lowest BCUT2D eigenvalue weighted by Gasteiger charge is -2.34. The van der Waals surface area contributed by atoms with Crippen molar-refractivity contribution in [2.24, 2.45) is 5.73 Å². The zero-order chi connectivity index (χ0) is 13.2. The van der Waals surface area contributed by atoms with Crippen molar-refractivity contribution in [3.8, 4) is 0 Å². The van der Waals surface area contributed by atoms with Crippen LogP contribution < -0.4 is 5.73 Å². The van der Waals surface area contributed by atoms with E-state index in [1.807, 2.05) is 37.3 Å². The fraction of sp³-hybridized carbons (Fsp3) is 0.538. The van der Waals surface area contributed by atoms with Crippen molar-refractivity contribution in [1.29, 1.82) is 0 Å². The van der Waals surface area contributed by atoms with Crippen LogP contribution in [0.25, 0.3) is 0 Å². The lowest BCUT2D eigenvalue weighted by atomic mass is 10.1. The molecular formula is C13H20N2O2S. The summed E-state index contributed by atoms with van der Waals surface area (Å²) >= 11 is 0. The zero-order valence-electron chi connectivity index (χ0n) is 10.6. The standard InChI is InChI=1S/C13H20N2O2S/c1-11-10-18(16,17)8-7-15(11)9-13(14)12-5-3-2-4-6-12/h2-6,11,13H,7-10,14H2,1H3. The Bertz CT molecular complexity index is 487. The van der Waals surface area contributed by atoms with Gasteiger partial charge in [0, 0.05) is 25.2 Å². The molecular weight excluding hydrogens is 248 g/mol. The molecule has 2 unspecified atom stereocenters. The predicted octanol–water partition coefficient (Wildman–Crippen LogP) is 0.805. The largest absolute Gasteiger partial charge is 0.323 e. The van der Waals surface area contributed by atoms with Crippen LogP contribution >= 0.6 is 0 Å². The van der Waals surface area contributed by atoms with Crippen LogP contribution in [0.4, 0.5) is 0 Å². The molecule has 0 amide bonds. The Labute approximate surface area is 109 Å². The van der Waals surface area contributed by atoms with E-state index in [1.54, 1.807) is 0 Å². The molecule has 1 aliphatic heterocycles. The lowest BCUT2D eigenvalue weighted by molar-refractivity contribution is 0.213. The minimum absolute atomic E-state index is 0.0542. The van der Waals surface area contributed by atoms with Gasteiger partial charge >= 0.3 is 0 Å². The van der Waals surface area contributed by atoms with E-state index >= 15 is 0 Å². The highest BCUT2D eigenvalue weighted by Crippen LogP contribution is 2.16. The smallest absolute Gasteiger partial charge is 0.153 e. The van der Waals surface area contributed by atoms with Gasteiger partial charge in [-0.15, -0.1) is 0 Å². The molecule has 18 heavy (non-hydrogen) atoms. The number of hydrogen-bond acceptors (Lipinski definition) is 4. The normalized spacial score (nSPS) is 25.8. The van der Waals surface area contributed by atoms with Crippen LogP contribution in [-0.4, -0.2) is 44.0 Å². The third kappa shape index (κ3) is 3.31. The van der Waals surface area contributed by atoms with Crippen LogP contribution in [0.3, 0.4) is 0 Å². The predicted molar refractivity (Wildman–Crippen MR) is 73.1 cm³/mol. The van der Waals surface area contributed by atoms with Gasteiger partial charge in [-0.1, -0.05) is 30.3 Å². The van der Waals surface area contributed by atoms with E-state index in [4.69, 9.17) is 5.73 Å². The Balaban J connectivity index is 1.98. The molecule has 100 valence electrons. The molecule has 0 bridgehead atoms. The molecule has 1 saturated heterocycles. The molecule has 1 fully saturated rings. The van der Waals surface area contributed by atoms with Gasteiger partial charge in [0.05, 0.1) is 11.5 Å². The van der Waals surface area contributed by atoms with E-state index in [2.05, 4.69) is 4.90 Å². The molecule has 5 heteroatoms. The summed E-state index contributed by atoms with van der Waals surface area (Å²) in [6.45, 7) is 3.25. The second-order valence-corrected chi connectivity index (χ2v) is 7.20. The van der Waals surface area contributed by atoms with Crippen molar-refractivity contribution in [3.05, 3.63) is 35.9 Å². The molecule has 2 N–H and O–H groups in total. The molecule has 2 atom stereocenters. The number of hydrogen-bond donors (Lipinski definition) is 1. The topological polar surface area (TPSA) is 63.4 Å². The second kappa shape index (κ2) is 5.38. The first-order chi connectivity index (χ1) is 8.48.